The van der Waals surface area contributed by atoms with Gasteiger partial charge < -0.3 is 20.7 Å². The van der Waals surface area contributed by atoms with E-state index in [1.807, 2.05) is 0 Å². The van der Waals surface area contributed by atoms with E-state index in [1.54, 1.807) is 6.92 Å². The Bertz CT molecular complexity index is 718. The largest absolute Gasteiger partial charge is 0.387 e. The average Bonchev–Trinajstić information content (AvgIpc) is 2.78. The second kappa shape index (κ2) is 3.25. The van der Waals surface area contributed by atoms with E-state index < -0.39 is 29.6 Å². The Morgan fingerprint density at radius 2 is 2.30 bits per heavy atom. The molecule has 4 N–H and O–H groups in total. The lowest BCUT2D eigenvalue weighted by atomic mass is 10.2. The molecule has 2 aromatic heterocycles. The first-order valence-corrected chi connectivity index (χ1v) is 6.10. The number of halogens is 1. The molecule has 2 fully saturated rings. The van der Waals surface area contributed by atoms with E-state index in [2.05, 4.69) is 15.0 Å². The molecule has 0 amide bonds. The Hall–Kier alpha value is -1.84. The fraction of sp³-hybridized carbons (Fsp3) is 0.545. The van der Waals surface area contributed by atoms with E-state index in [9.17, 15) is 14.6 Å². The van der Waals surface area contributed by atoms with Gasteiger partial charge in [0.05, 0.1) is 6.33 Å². The molecule has 0 spiro atoms. The summed E-state index contributed by atoms with van der Waals surface area (Å²) in [6.07, 6.45) is -0.889. The summed E-state index contributed by atoms with van der Waals surface area (Å²) in [4.78, 5) is 11.1. The smallest absolute Gasteiger partial charge is 0.312 e. The number of fused-ring (bicyclic) bond motifs is 2. The van der Waals surface area contributed by atoms with Crippen molar-refractivity contribution in [3.8, 4) is 0 Å². The van der Waals surface area contributed by atoms with Gasteiger partial charge in [0, 0.05) is 6.42 Å². The van der Waals surface area contributed by atoms with Gasteiger partial charge in [-0.25, -0.2) is 4.98 Å². The van der Waals surface area contributed by atoms with E-state index in [0.717, 1.165) is 0 Å². The number of hydrogen-bond acceptors (Lipinski definition) is 7. The van der Waals surface area contributed by atoms with Crippen molar-refractivity contribution in [3.63, 3.8) is 0 Å². The third-order valence-corrected chi connectivity index (χ3v) is 4.35. The van der Waals surface area contributed by atoms with Crippen LogP contribution in [-0.2, 0) is 4.74 Å². The standard InChI is InChI=1S/C11H12FN5O3/c1-10-8(18)11(10,19)2-4(20-10)17-3-14-5-6(13)15-9(12)16-7(5)17/h3-4,8,18-19H,2H2,1H3,(H2,13,15,16)/t4-,8?,10-,11-/m1/s1. The van der Waals surface area contributed by atoms with E-state index in [-0.39, 0.29) is 23.4 Å². The molecule has 0 aromatic carbocycles. The van der Waals surface area contributed by atoms with Crippen molar-refractivity contribution in [2.75, 3.05) is 5.73 Å². The molecule has 2 aromatic rings. The highest BCUT2D eigenvalue weighted by Crippen LogP contribution is 2.62. The van der Waals surface area contributed by atoms with Crippen LogP contribution in [0.4, 0.5) is 10.2 Å². The predicted octanol–water partition coefficient (Wildman–Crippen LogP) is -0.669. The molecule has 2 aliphatic rings. The zero-order valence-corrected chi connectivity index (χ0v) is 10.5. The summed E-state index contributed by atoms with van der Waals surface area (Å²) in [5.41, 5.74) is 3.76. The van der Waals surface area contributed by atoms with Gasteiger partial charge in [0.2, 0.25) is 0 Å². The molecule has 9 heteroatoms. The Balaban J connectivity index is 1.78. The minimum Gasteiger partial charge on any atom is -0.387 e. The lowest BCUT2D eigenvalue weighted by Gasteiger charge is -2.18. The van der Waals surface area contributed by atoms with Crippen molar-refractivity contribution in [1.82, 2.24) is 19.5 Å². The lowest BCUT2D eigenvalue weighted by molar-refractivity contribution is -0.0555. The quantitative estimate of drug-likeness (QED) is 0.593. The van der Waals surface area contributed by atoms with Crippen LogP contribution in [0.3, 0.4) is 0 Å². The van der Waals surface area contributed by atoms with Crippen molar-refractivity contribution < 1.29 is 19.3 Å². The Morgan fingerprint density at radius 3 is 2.95 bits per heavy atom. The number of ether oxygens (including phenoxy) is 1. The number of hydrogen-bond donors (Lipinski definition) is 3. The number of nitrogen functional groups attached to an aromatic ring is 1. The van der Waals surface area contributed by atoms with E-state index in [1.165, 1.54) is 10.9 Å². The van der Waals surface area contributed by atoms with Crippen LogP contribution in [0.2, 0.25) is 0 Å². The third-order valence-electron chi connectivity index (χ3n) is 4.35. The van der Waals surface area contributed by atoms with Gasteiger partial charge in [0.15, 0.2) is 17.0 Å². The van der Waals surface area contributed by atoms with Gasteiger partial charge in [0.1, 0.15) is 23.5 Å². The molecular weight excluding hydrogens is 269 g/mol. The van der Waals surface area contributed by atoms with E-state index in [0.29, 0.717) is 0 Å². The number of anilines is 1. The van der Waals surface area contributed by atoms with Crippen LogP contribution in [0.5, 0.6) is 0 Å². The first-order chi connectivity index (χ1) is 9.37. The molecule has 1 unspecified atom stereocenters. The van der Waals surface area contributed by atoms with Gasteiger partial charge in [-0.1, -0.05) is 0 Å². The first kappa shape index (κ1) is 11.9. The molecular formula is C11H12FN5O3. The van der Waals surface area contributed by atoms with Crippen LogP contribution in [0.25, 0.3) is 11.2 Å². The van der Waals surface area contributed by atoms with Crippen molar-refractivity contribution in [1.29, 1.82) is 0 Å². The minimum atomic E-state index is -1.29. The summed E-state index contributed by atoms with van der Waals surface area (Å²) in [5, 5.41) is 19.9. The highest BCUT2D eigenvalue weighted by atomic mass is 19.1. The van der Waals surface area contributed by atoms with E-state index in [4.69, 9.17) is 10.5 Å². The minimum absolute atomic E-state index is 0.0561. The maximum absolute atomic E-state index is 13.3. The van der Waals surface area contributed by atoms with Crippen molar-refractivity contribution in [3.05, 3.63) is 12.4 Å². The highest BCUT2D eigenvalue weighted by molar-refractivity contribution is 5.81. The van der Waals surface area contributed by atoms with Crippen molar-refractivity contribution >= 4 is 17.0 Å². The Morgan fingerprint density at radius 1 is 1.55 bits per heavy atom. The van der Waals surface area contributed by atoms with Crippen LogP contribution in [-0.4, -0.2) is 47.0 Å². The number of rotatable bonds is 1. The molecule has 1 saturated heterocycles. The fourth-order valence-corrected chi connectivity index (χ4v) is 2.97. The number of nitrogens with zero attached hydrogens (tertiary/aromatic N) is 4. The topological polar surface area (TPSA) is 119 Å². The van der Waals surface area contributed by atoms with Gasteiger partial charge in [0.25, 0.3) is 0 Å². The van der Waals surface area contributed by atoms with Gasteiger partial charge in [-0.2, -0.15) is 14.4 Å². The number of aliphatic hydroxyl groups excluding tert-OH is 1. The maximum atomic E-state index is 13.3. The first-order valence-electron chi connectivity index (χ1n) is 6.10. The summed E-state index contributed by atoms with van der Waals surface area (Å²) in [7, 11) is 0. The molecule has 3 heterocycles. The van der Waals surface area contributed by atoms with Crippen LogP contribution in [0.1, 0.15) is 19.6 Å². The molecule has 1 saturated carbocycles. The SMILES string of the molecule is C[C@]12O[C@@H](n3cnc4c(N)nc(F)nc43)C[C@@]1(O)C2O. The molecule has 0 radical (unpaired) electrons. The van der Waals surface area contributed by atoms with Gasteiger partial charge >= 0.3 is 6.08 Å². The molecule has 8 nitrogen and oxygen atoms in total. The Labute approximate surface area is 112 Å². The van der Waals surface area contributed by atoms with Gasteiger partial charge in [-0.15, -0.1) is 0 Å². The maximum Gasteiger partial charge on any atom is 0.312 e. The second-order valence-electron chi connectivity index (χ2n) is 5.41. The summed E-state index contributed by atoms with van der Waals surface area (Å²) in [5.74, 6) is -0.0561. The number of nitrogens with two attached hydrogens (primary N) is 1. The average molecular weight is 281 g/mol. The van der Waals surface area contributed by atoms with Crippen LogP contribution in [0, 0.1) is 6.08 Å². The van der Waals surface area contributed by atoms with Gasteiger partial charge in [-0.3, -0.25) is 4.57 Å². The zero-order valence-electron chi connectivity index (χ0n) is 10.5. The molecule has 20 heavy (non-hydrogen) atoms. The number of aliphatic hydroxyl groups is 2. The molecule has 4 atom stereocenters. The van der Waals surface area contributed by atoms with Crippen LogP contribution < -0.4 is 5.73 Å². The van der Waals surface area contributed by atoms with Gasteiger partial charge in [-0.05, 0) is 6.92 Å². The monoisotopic (exact) mass is 281 g/mol. The summed E-state index contributed by atoms with van der Waals surface area (Å²) in [6.45, 7) is 1.63. The highest BCUT2D eigenvalue weighted by Gasteiger charge is 2.80. The number of imidazole rings is 1. The molecule has 0 bridgehead atoms. The predicted molar refractivity (Wildman–Crippen MR) is 63.8 cm³/mol. The summed E-state index contributed by atoms with van der Waals surface area (Å²) < 4.78 is 20.4. The zero-order chi connectivity index (χ0) is 14.3. The van der Waals surface area contributed by atoms with Crippen LogP contribution in [0.15, 0.2) is 6.33 Å². The van der Waals surface area contributed by atoms with E-state index >= 15 is 0 Å². The molecule has 4 rings (SSSR count). The van der Waals surface area contributed by atoms with Crippen LogP contribution >= 0.6 is 0 Å². The summed E-state index contributed by atoms with van der Waals surface area (Å²) >= 11 is 0. The van der Waals surface area contributed by atoms with Crippen molar-refractivity contribution in [2.45, 2.75) is 36.9 Å². The fourth-order valence-electron chi connectivity index (χ4n) is 2.97. The Kier molecular flexibility index (Phi) is 1.94. The third kappa shape index (κ3) is 1.18. The normalized spacial score (nSPS) is 39.2. The summed E-state index contributed by atoms with van der Waals surface area (Å²) in [6, 6.07) is 0. The second-order valence-corrected chi connectivity index (χ2v) is 5.41. The molecule has 106 valence electrons. The number of aromatic nitrogens is 4. The molecule has 1 aliphatic carbocycles. The van der Waals surface area contributed by atoms with Crippen molar-refractivity contribution in [2.24, 2.45) is 0 Å². The lowest BCUT2D eigenvalue weighted by Crippen LogP contribution is -2.20. The molecule has 1 aliphatic heterocycles.